The molecule has 1 aliphatic heterocycles. The van der Waals surface area contributed by atoms with Crippen LogP contribution in [-0.4, -0.2) is 10.8 Å². The topological polar surface area (TPSA) is 102 Å². The van der Waals surface area contributed by atoms with Gasteiger partial charge in [-0.25, -0.2) is 0 Å². The van der Waals surface area contributed by atoms with E-state index in [1.165, 1.54) is 24.3 Å². The molecule has 24 heavy (non-hydrogen) atoms. The van der Waals surface area contributed by atoms with Crippen LogP contribution in [0.5, 0.6) is 0 Å². The van der Waals surface area contributed by atoms with Crippen molar-refractivity contribution in [3.05, 3.63) is 85.8 Å². The molecule has 0 spiro atoms. The third-order valence-electron chi connectivity index (χ3n) is 4.04. The van der Waals surface area contributed by atoms with Gasteiger partial charge in [0.05, 0.1) is 21.9 Å². The number of nitro groups is 1. The van der Waals surface area contributed by atoms with Crippen LogP contribution in [0.4, 0.5) is 5.69 Å². The lowest BCUT2D eigenvalue weighted by Crippen LogP contribution is -2.21. The van der Waals surface area contributed by atoms with Gasteiger partial charge in [-0.3, -0.25) is 19.7 Å². The van der Waals surface area contributed by atoms with E-state index in [0.29, 0.717) is 16.5 Å². The van der Waals surface area contributed by atoms with Gasteiger partial charge in [0.25, 0.3) is 11.6 Å². The monoisotopic (exact) mass is 322 g/mol. The predicted octanol–water partition coefficient (Wildman–Crippen LogP) is 2.53. The average molecular weight is 322 g/mol. The Kier molecular flexibility index (Phi) is 2.96. The lowest BCUT2D eigenvalue weighted by molar-refractivity contribution is -0.384. The van der Waals surface area contributed by atoms with Gasteiger partial charge in [0.15, 0.2) is 5.43 Å². The zero-order chi connectivity index (χ0) is 16.8. The van der Waals surface area contributed by atoms with Gasteiger partial charge in [0, 0.05) is 12.1 Å². The highest BCUT2D eigenvalue weighted by Crippen LogP contribution is 2.31. The Bertz CT molecular complexity index is 1050. The minimum absolute atomic E-state index is 0.0120. The Hall–Kier alpha value is -3.48. The highest BCUT2D eigenvalue weighted by atomic mass is 16.6. The molecular formula is C17H10N2O5. The van der Waals surface area contributed by atoms with Crippen molar-refractivity contribution in [3.8, 4) is 0 Å². The standard InChI is InChI=1S/C17H10N2O5/c20-15-11-3-1-2-4-12(11)24-16-13(15)14(18-17(16)21)9-5-7-10(8-6-9)19(22)23/h1-8,14H,(H,18,21). The number of rotatable bonds is 2. The van der Waals surface area contributed by atoms with Crippen LogP contribution >= 0.6 is 0 Å². The van der Waals surface area contributed by atoms with Crippen molar-refractivity contribution >= 4 is 22.6 Å². The van der Waals surface area contributed by atoms with Crippen molar-refractivity contribution in [3.63, 3.8) is 0 Å². The number of nitrogens with one attached hydrogen (secondary N) is 1. The summed E-state index contributed by atoms with van der Waals surface area (Å²) in [6, 6.07) is 11.7. The number of para-hydroxylation sites is 1. The lowest BCUT2D eigenvalue weighted by atomic mass is 9.99. The molecule has 4 rings (SSSR count). The van der Waals surface area contributed by atoms with Crippen LogP contribution in [0, 0.1) is 10.1 Å². The van der Waals surface area contributed by atoms with E-state index >= 15 is 0 Å². The van der Waals surface area contributed by atoms with Gasteiger partial charge in [0.2, 0.25) is 5.76 Å². The minimum atomic E-state index is -0.686. The van der Waals surface area contributed by atoms with Crippen LogP contribution < -0.4 is 10.7 Å². The molecule has 7 nitrogen and oxygen atoms in total. The second-order valence-corrected chi connectivity index (χ2v) is 5.43. The molecule has 1 aliphatic rings. The van der Waals surface area contributed by atoms with Crippen LogP contribution in [0.25, 0.3) is 11.0 Å². The third-order valence-corrected chi connectivity index (χ3v) is 4.04. The summed E-state index contributed by atoms with van der Waals surface area (Å²) in [5.74, 6) is -0.488. The van der Waals surface area contributed by atoms with E-state index in [2.05, 4.69) is 5.32 Å². The lowest BCUT2D eigenvalue weighted by Gasteiger charge is -2.11. The zero-order valence-corrected chi connectivity index (χ0v) is 12.2. The Labute approximate surface area is 134 Å². The van der Waals surface area contributed by atoms with Crippen LogP contribution in [0.1, 0.15) is 27.7 Å². The maximum absolute atomic E-state index is 12.8. The fourth-order valence-electron chi connectivity index (χ4n) is 2.89. The summed E-state index contributed by atoms with van der Waals surface area (Å²) in [5.41, 5.74) is 0.811. The highest BCUT2D eigenvalue weighted by molar-refractivity contribution is 5.98. The quantitative estimate of drug-likeness (QED) is 0.577. The molecule has 0 saturated heterocycles. The van der Waals surface area contributed by atoms with Gasteiger partial charge in [-0.15, -0.1) is 0 Å². The largest absolute Gasteiger partial charge is 0.450 e. The van der Waals surface area contributed by atoms with Crippen molar-refractivity contribution in [1.29, 1.82) is 0 Å². The summed E-state index contributed by atoms with van der Waals surface area (Å²) in [7, 11) is 0. The second kappa shape index (κ2) is 5.02. The van der Waals surface area contributed by atoms with Gasteiger partial charge in [-0.1, -0.05) is 12.1 Å². The third kappa shape index (κ3) is 1.98. The number of benzene rings is 2. The normalized spacial score (nSPS) is 16.0. The molecule has 118 valence electrons. The van der Waals surface area contributed by atoms with Crippen molar-refractivity contribution < 1.29 is 14.1 Å². The maximum Gasteiger partial charge on any atom is 0.288 e. The van der Waals surface area contributed by atoms with Gasteiger partial charge in [-0.05, 0) is 29.8 Å². The molecule has 2 aromatic carbocycles. The van der Waals surface area contributed by atoms with Gasteiger partial charge < -0.3 is 9.73 Å². The van der Waals surface area contributed by atoms with Crippen LogP contribution in [-0.2, 0) is 0 Å². The number of carbonyl (C=O) groups is 1. The fraction of sp³-hybridized carbons (Fsp3) is 0.0588. The predicted molar refractivity (Wildman–Crippen MR) is 84.9 cm³/mol. The Balaban J connectivity index is 1.90. The molecule has 1 N–H and O–H groups in total. The summed E-state index contributed by atoms with van der Waals surface area (Å²) in [6.07, 6.45) is 0. The van der Waals surface area contributed by atoms with E-state index < -0.39 is 16.9 Å². The molecule has 0 aliphatic carbocycles. The summed E-state index contributed by atoms with van der Waals surface area (Å²) < 4.78 is 5.59. The molecule has 0 saturated carbocycles. The van der Waals surface area contributed by atoms with E-state index in [1.54, 1.807) is 24.3 Å². The maximum atomic E-state index is 12.8. The fourth-order valence-corrected chi connectivity index (χ4v) is 2.89. The summed E-state index contributed by atoms with van der Waals surface area (Å²) in [5, 5.41) is 13.8. The molecule has 1 aromatic heterocycles. The summed E-state index contributed by atoms with van der Waals surface area (Å²) in [6.45, 7) is 0. The zero-order valence-electron chi connectivity index (χ0n) is 12.2. The molecule has 2 heterocycles. The highest BCUT2D eigenvalue weighted by Gasteiger charge is 2.35. The number of fused-ring (bicyclic) bond motifs is 2. The van der Waals surface area contributed by atoms with E-state index in [1.807, 2.05) is 0 Å². The van der Waals surface area contributed by atoms with Gasteiger partial charge >= 0.3 is 0 Å². The number of amides is 1. The number of non-ortho nitro benzene ring substituents is 1. The van der Waals surface area contributed by atoms with Crippen molar-refractivity contribution in [2.24, 2.45) is 0 Å². The number of nitrogens with zero attached hydrogens (tertiary/aromatic N) is 1. The molecule has 1 amide bonds. The number of nitro benzene ring substituents is 1. The molecule has 3 aromatic rings. The summed E-state index contributed by atoms with van der Waals surface area (Å²) in [4.78, 5) is 35.2. The summed E-state index contributed by atoms with van der Waals surface area (Å²) >= 11 is 0. The van der Waals surface area contributed by atoms with Crippen molar-refractivity contribution in [1.82, 2.24) is 5.32 Å². The first kappa shape index (κ1) is 14.1. The Morgan fingerprint density at radius 2 is 1.75 bits per heavy atom. The molecule has 1 unspecified atom stereocenters. The van der Waals surface area contributed by atoms with Gasteiger partial charge in [-0.2, -0.15) is 0 Å². The van der Waals surface area contributed by atoms with Crippen molar-refractivity contribution in [2.75, 3.05) is 0 Å². The molecule has 0 bridgehead atoms. The number of hydrogen-bond acceptors (Lipinski definition) is 5. The van der Waals surface area contributed by atoms with E-state index in [4.69, 9.17) is 4.42 Å². The first-order valence-electron chi connectivity index (χ1n) is 7.17. The molecule has 1 atom stereocenters. The average Bonchev–Trinajstić information content (AvgIpc) is 2.92. The first-order chi connectivity index (χ1) is 11.6. The molecule has 0 radical (unpaired) electrons. The second-order valence-electron chi connectivity index (χ2n) is 5.43. The first-order valence-corrected chi connectivity index (χ1v) is 7.17. The van der Waals surface area contributed by atoms with Crippen LogP contribution in [0.3, 0.4) is 0 Å². The Morgan fingerprint density at radius 3 is 2.46 bits per heavy atom. The van der Waals surface area contributed by atoms with E-state index in [-0.39, 0.29) is 22.4 Å². The minimum Gasteiger partial charge on any atom is -0.450 e. The number of hydrogen-bond donors (Lipinski definition) is 1. The SMILES string of the molecule is O=C1NC(c2ccc([N+](=O)[O-])cc2)c2c1oc1ccccc1c2=O. The molecular weight excluding hydrogens is 312 g/mol. The van der Waals surface area contributed by atoms with E-state index in [9.17, 15) is 19.7 Å². The van der Waals surface area contributed by atoms with Crippen molar-refractivity contribution in [2.45, 2.75) is 6.04 Å². The van der Waals surface area contributed by atoms with E-state index in [0.717, 1.165) is 0 Å². The molecule has 7 heteroatoms. The Morgan fingerprint density at radius 1 is 1.04 bits per heavy atom. The van der Waals surface area contributed by atoms with Crippen LogP contribution in [0.15, 0.2) is 57.7 Å². The number of carbonyl (C=O) groups excluding carboxylic acids is 1. The van der Waals surface area contributed by atoms with Gasteiger partial charge in [0.1, 0.15) is 5.58 Å². The smallest absolute Gasteiger partial charge is 0.288 e. The van der Waals surface area contributed by atoms with Crippen LogP contribution in [0.2, 0.25) is 0 Å². The molecule has 0 fully saturated rings.